The number of fused-ring (bicyclic) bond motifs is 4. The minimum atomic E-state index is -0.337. The van der Waals surface area contributed by atoms with Crippen LogP contribution in [0.1, 0.15) is 130 Å². The van der Waals surface area contributed by atoms with Crippen LogP contribution in [0, 0.1) is 16.9 Å². The van der Waals surface area contributed by atoms with Gasteiger partial charge in [-0.1, -0.05) is 124 Å². The molecule has 0 fully saturated rings. The summed E-state index contributed by atoms with van der Waals surface area (Å²) in [6, 6.07) is 21.4. The largest absolute Gasteiger partial charge is 0.512 e. The molecular formula is C44H57IrN2O2-. The van der Waals surface area contributed by atoms with Crippen molar-refractivity contribution in [2.45, 2.75) is 126 Å². The van der Waals surface area contributed by atoms with E-state index < -0.39 is 0 Å². The molecule has 5 rings (SSSR count). The van der Waals surface area contributed by atoms with E-state index in [1.54, 1.807) is 6.33 Å². The number of aliphatic hydroxyl groups is 1. The first kappa shape index (κ1) is 40.3. The number of nitrogens with zero attached hydrogens (tertiary/aromatic N) is 2. The number of hydrogen-bond acceptors (Lipinski definition) is 4. The Morgan fingerprint density at radius 3 is 2.06 bits per heavy atom. The van der Waals surface area contributed by atoms with Crippen LogP contribution in [0.4, 0.5) is 0 Å². The second-order valence-electron chi connectivity index (χ2n) is 15.4. The molecule has 1 radical (unpaired) electrons. The van der Waals surface area contributed by atoms with Crippen LogP contribution in [0.15, 0.2) is 66.7 Å². The maximum absolute atomic E-state index is 12.2. The van der Waals surface area contributed by atoms with Crippen molar-refractivity contribution < 1.29 is 30.0 Å². The van der Waals surface area contributed by atoms with Crippen molar-refractivity contribution in [2.24, 2.45) is 10.8 Å². The molecule has 49 heavy (non-hydrogen) atoms. The van der Waals surface area contributed by atoms with Crippen molar-refractivity contribution in [1.82, 2.24) is 9.97 Å². The zero-order valence-electron chi connectivity index (χ0n) is 31.7. The Labute approximate surface area is 309 Å². The Kier molecular flexibility index (Phi) is 13.4. The molecule has 0 saturated carbocycles. The van der Waals surface area contributed by atoms with E-state index in [0.717, 1.165) is 60.9 Å². The number of benzene rings is 3. The summed E-state index contributed by atoms with van der Waals surface area (Å²) in [4.78, 5) is 21.7. The van der Waals surface area contributed by atoms with Crippen molar-refractivity contribution in [2.75, 3.05) is 0 Å². The van der Waals surface area contributed by atoms with Crippen LogP contribution in [0.3, 0.4) is 0 Å². The van der Waals surface area contributed by atoms with E-state index in [0.29, 0.717) is 5.92 Å². The summed E-state index contributed by atoms with van der Waals surface area (Å²) >= 11 is 0. The summed E-state index contributed by atoms with van der Waals surface area (Å²) in [6.45, 7) is 23.4. The van der Waals surface area contributed by atoms with Gasteiger partial charge < -0.3 is 5.11 Å². The number of rotatable bonds is 9. The third-order valence-corrected chi connectivity index (χ3v) is 11.1. The monoisotopic (exact) mass is 838 g/mol. The minimum absolute atomic E-state index is 0. The number of carbonyl (C=O) groups is 1. The maximum atomic E-state index is 12.2. The van der Waals surface area contributed by atoms with Crippen molar-refractivity contribution in [3.05, 3.63) is 95.0 Å². The molecule has 1 N–H and O–H groups in total. The van der Waals surface area contributed by atoms with Gasteiger partial charge in [-0.25, -0.2) is 4.98 Å². The van der Waals surface area contributed by atoms with Gasteiger partial charge in [0.05, 0.1) is 5.69 Å². The Hall–Kier alpha value is -3.14. The Morgan fingerprint density at radius 1 is 0.857 bits per heavy atom. The molecule has 0 saturated heterocycles. The van der Waals surface area contributed by atoms with Gasteiger partial charge >= 0.3 is 0 Å². The van der Waals surface area contributed by atoms with Crippen LogP contribution in [0.5, 0.6) is 0 Å². The number of carbonyl (C=O) groups excluding carboxylic acids is 1. The summed E-state index contributed by atoms with van der Waals surface area (Å²) in [5.41, 5.74) is 9.26. The summed E-state index contributed by atoms with van der Waals surface area (Å²) in [7, 11) is 0. The van der Waals surface area contributed by atoms with Gasteiger partial charge in [-0.2, -0.15) is 0 Å². The van der Waals surface area contributed by atoms with E-state index in [4.69, 9.17) is 9.97 Å². The molecule has 4 nitrogen and oxygen atoms in total. The van der Waals surface area contributed by atoms with Crippen LogP contribution in [0.25, 0.3) is 33.3 Å². The van der Waals surface area contributed by atoms with Gasteiger partial charge in [-0.3, -0.25) is 9.78 Å². The van der Waals surface area contributed by atoms with Crippen LogP contribution in [0.2, 0.25) is 0 Å². The van der Waals surface area contributed by atoms with Gasteiger partial charge in [0.25, 0.3) is 0 Å². The molecule has 1 aromatic heterocycles. The molecule has 0 aliphatic heterocycles. The van der Waals surface area contributed by atoms with Gasteiger partial charge in [-0.05, 0) is 66.5 Å². The second kappa shape index (κ2) is 16.3. The Bertz CT molecular complexity index is 1790. The molecule has 265 valence electrons. The average Bonchev–Trinajstić information content (AvgIpc) is 3.09. The SMILES string of the molecule is CC(C)c1ccc2c(c1)CCc1c(-c3[c-]c4ccccc4c(C(C)(C)C)c3)ncnc1-2.CCC(C)(CC)C(=O)/C=C(\O)C(C)(CC)CC.[Ir]. The van der Waals surface area contributed by atoms with Gasteiger partial charge in [0.2, 0.25) is 0 Å². The Balaban J connectivity index is 0.000000312. The van der Waals surface area contributed by atoms with Gasteiger partial charge in [0.15, 0.2) is 5.78 Å². The van der Waals surface area contributed by atoms with Crippen molar-refractivity contribution >= 4 is 16.6 Å². The van der Waals surface area contributed by atoms with E-state index >= 15 is 0 Å². The molecule has 0 spiro atoms. The molecule has 5 heteroatoms. The summed E-state index contributed by atoms with van der Waals surface area (Å²) in [5.74, 6) is 0.824. The summed E-state index contributed by atoms with van der Waals surface area (Å²) in [6.07, 6.45) is 8.47. The number of allylic oxidation sites excluding steroid dienone is 2. The normalized spacial score (nSPS) is 13.3. The van der Waals surface area contributed by atoms with E-state index in [-0.39, 0.29) is 47.9 Å². The third-order valence-electron chi connectivity index (χ3n) is 11.1. The molecular weight excluding hydrogens is 781 g/mol. The topological polar surface area (TPSA) is 63.1 Å². The van der Waals surface area contributed by atoms with Crippen LogP contribution < -0.4 is 0 Å². The molecule has 1 aliphatic rings. The fourth-order valence-electron chi connectivity index (χ4n) is 6.45. The van der Waals surface area contributed by atoms with Crippen molar-refractivity contribution in [1.29, 1.82) is 0 Å². The van der Waals surface area contributed by atoms with Crippen molar-refractivity contribution in [3.8, 4) is 22.5 Å². The average molecular weight is 838 g/mol. The number of hydrogen-bond donors (Lipinski definition) is 1. The summed E-state index contributed by atoms with van der Waals surface area (Å²) < 4.78 is 0. The maximum Gasteiger partial charge on any atom is 0.164 e. The Morgan fingerprint density at radius 2 is 1.47 bits per heavy atom. The fraction of sp³-hybridized carbons (Fsp3) is 0.477. The summed E-state index contributed by atoms with van der Waals surface area (Å²) in [5, 5.41) is 12.6. The van der Waals surface area contributed by atoms with E-state index in [2.05, 4.69) is 89.2 Å². The van der Waals surface area contributed by atoms with Crippen molar-refractivity contribution in [3.63, 3.8) is 0 Å². The van der Waals surface area contributed by atoms with E-state index in [1.165, 1.54) is 39.3 Å². The standard InChI is InChI=1S/C29H29N2.C15H28O2.Ir/c1-18(2)19-10-12-24-21(14-19)11-13-25-27(30-17-31-28(24)25)22-15-20-8-6-7-9-23(20)26(16-22)29(3,4)5;1-7-14(5,8-2)12(16)11-13(17)15(6,9-3)10-4;/h6-10,12,14,16-18H,11,13H2,1-5H3;11,16H,7-10H2,1-6H3;/q-1;;/b;12-11-;. The predicted molar refractivity (Wildman–Crippen MR) is 203 cm³/mol. The van der Waals surface area contributed by atoms with Crippen LogP contribution in [-0.4, -0.2) is 20.9 Å². The molecule has 4 aromatic rings. The molecule has 0 unspecified atom stereocenters. The minimum Gasteiger partial charge on any atom is -0.512 e. The first-order chi connectivity index (χ1) is 22.6. The molecule has 0 bridgehead atoms. The number of aryl methyl sites for hydroxylation is 1. The molecule has 0 amide bonds. The first-order valence-electron chi connectivity index (χ1n) is 18.0. The first-order valence-corrected chi connectivity index (χ1v) is 18.0. The van der Waals surface area contributed by atoms with Crippen LogP contribution in [-0.2, 0) is 43.2 Å². The van der Waals surface area contributed by atoms with Crippen LogP contribution >= 0.6 is 0 Å². The molecule has 1 heterocycles. The third kappa shape index (κ3) is 8.60. The van der Waals surface area contributed by atoms with Gasteiger partial charge in [-0.15, -0.1) is 29.1 Å². The van der Waals surface area contributed by atoms with Gasteiger partial charge in [0.1, 0.15) is 12.1 Å². The molecule has 0 atom stereocenters. The molecule has 3 aromatic carbocycles. The number of aromatic nitrogens is 2. The van der Waals surface area contributed by atoms with E-state index in [1.807, 2.05) is 41.5 Å². The zero-order valence-corrected chi connectivity index (χ0v) is 34.1. The fourth-order valence-corrected chi connectivity index (χ4v) is 6.45. The van der Waals surface area contributed by atoms with E-state index in [9.17, 15) is 9.90 Å². The number of ketones is 1. The second-order valence-corrected chi connectivity index (χ2v) is 15.4. The van der Waals surface area contributed by atoms with Gasteiger partial charge in [0, 0.05) is 48.3 Å². The quantitative estimate of drug-likeness (QED) is 0.104. The zero-order chi connectivity index (χ0) is 35.4. The smallest absolute Gasteiger partial charge is 0.164 e. The molecule has 1 aliphatic carbocycles. The number of aliphatic hydroxyl groups excluding tert-OH is 1. The predicted octanol–water partition coefficient (Wildman–Crippen LogP) is 11.9.